The number of aromatic nitrogens is 1. The number of carbonyl (C=O) groups excluding carboxylic acids is 1. The van der Waals surface area contributed by atoms with Crippen LogP contribution in [-0.4, -0.2) is 10.9 Å². The minimum Gasteiger partial charge on any atom is -0.322 e. The van der Waals surface area contributed by atoms with Gasteiger partial charge in [-0.05, 0) is 42.7 Å². The monoisotopic (exact) mass is 288 g/mol. The average Bonchev–Trinajstić information content (AvgIpc) is 2.54. The number of aryl methyl sites for hydroxylation is 1. The summed E-state index contributed by atoms with van der Waals surface area (Å²) in [5.41, 5.74) is 3.70. The Bertz CT molecular complexity index is 868. The number of amides is 1. The molecule has 0 saturated heterocycles. The first-order chi connectivity index (χ1) is 10.7. The molecule has 2 aromatic carbocycles. The maximum Gasteiger partial charge on any atom is 0.247 e. The molecule has 0 fully saturated rings. The maximum absolute atomic E-state index is 11.6. The van der Waals surface area contributed by atoms with E-state index in [9.17, 15) is 4.79 Å². The lowest BCUT2D eigenvalue weighted by atomic mass is 10.0. The Morgan fingerprint density at radius 3 is 2.73 bits per heavy atom. The molecule has 3 nitrogen and oxygen atoms in total. The van der Waals surface area contributed by atoms with E-state index in [1.165, 1.54) is 6.08 Å². The molecule has 0 aliphatic carbocycles. The molecule has 0 atom stereocenters. The summed E-state index contributed by atoms with van der Waals surface area (Å²) in [4.78, 5) is 16.1. The molecule has 0 bridgehead atoms. The van der Waals surface area contributed by atoms with E-state index < -0.39 is 0 Å². The second kappa shape index (κ2) is 5.82. The topological polar surface area (TPSA) is 42.0 Å². The van der Waals surface area contributed by atoms with Crippen molar-refractivity contribution in [2.75, 3.05) is 5.32 Å². The van der Waals surface area contributed by atoms with E-state index in [0.29, 0.717) is 0 Å². The Balaban J connectivity index is 2.13. The van der Waals surface area contributed by atoms with Crippen molar-refractivity contribution in [1.82, 2.24) is 4.98 Å². The molecule has 3 heteroatoms. The van der Waals surface area contributed by atoms with Gasteiger partial charge in [0.15, 0.2) is 0 Å². The number of benzene rings is 2. The quantitative estimate of drug-likeness (QED) is 0.729. The van der Waals surface area contributed by atoms with Crippen molar-refractivity contribution in [3.8, 4) is 11.3 Å². The Morgan fingerprint density at radius 1 is 1.14 bits per heavy atom. The first-order valence-corrected chi connectivity index (χ1v) is 7.07. The van der Waals surface area contributed by atoms with Gasteiger partial charge in [0.2, 0.25) is 5.91 Å². The smallest absolute Gasteiger partial charge is 0.247 e. The molecule has 3 rings (SSSR count). The van der Waals surface area contributed by atoms with Crippen LogP contribution in [0.1, 0.15) is 5.69 Å². The number of pyridine rings is 1. The largest absolute Gasteiger partial charge is 0.322 e. The molecule has 1 N–H and O–H groups in total. The zero-order valence-corrected chi connectivity index (χ0v) is 12.3. The van der Waals surface area contributed by atoms with Gasteiger partial charge in [-0.2, -0.15) is 0 Å². The Morgan fingerprint density at radius 2 is 1.95 bits per heavy atom. The summed E-state index contributed by atoms with van der Waals surface area (Å²) in [6.45, 7) is 5.46. The highest BCUT2D eigenvalue weighted by Gasteiger charge is 2.06. The third-order valence-corrected chi connectivity index (χ3v) is 3.51. The highest BCUT2D eigenvalue weighted by Crippen LogP contribution is 2.28. The van der Waals surface area contributed by atoms with Crippen molar-refractivity contribution in [3.05, 3.63) is 72.9 Å². The molecule has 3 aromatic rings. The lowest BCUT2D eigenvalue weighted by molar-refractivity contribution is -0.111. The molecule has 1 aromatic heterocycles. The van der Waals surface area contributed by atoms with Crippen molar-refractivity contribution in [1.29, 1.82) is 0 Å². The normalized spacial score (nSPS) is 10.4. The van der Waals surface area contributed by atoms with Gasteiger partial charge in [-0.25, -0.2) is 0 Å². The van der Waals surface area contributed by atoms with E-state index in [-0.39, 0.29) is 5.91 Å². The Kier molecular flexibility index (Phi) is 3.71. The van der Waals surface area contributed by atoms with Gasteiger partial charge in [0.05, 0.1) is 5.69 Å². The summed E-state index contributed by atoms with van der Waals surface area (Å²) in [6.07, 6.45) is 1.27. The minimum atomic E-state index is -0.216. The number of carbonyl (C=O) groups is 1. The van der Waals surface area contributed by atoms with Gasteiger partial charge in [0.1, 0.15) is 0 Å². The highest BCUT2D eigenvalue weighted by atomic mass is 16.1. The van der Waals surface area contributed by atoms with Crippen molar-refractivity contribution < 1.29 is 4.79 Å². The maximum atomic E-state index is 11.6. The first kappa shape index (κ1) is 14.0. The van der Waals surface area contributed by atoms with E-state index in [2.05, 4.69) is 22.9 Å². The Labute approximate surface area is 129 Å². The lowest BCUT2D eigenvalue weighted by Crippen LogP contribution is -2.07. The van der Waals surface area contributed by atoms with Crippen LogP contribution in [0, 0.1) is 6.92 Å². The van der Waals surface area contributed by atoms with Crippen molar-refractivity contribution >= 4 is 22.4 Å². The zero-order valence-electron chi connectivity index (χ0n) is 12.3. The van der Waals surface area contributed by atoms with Gasteiger partial charge in [-0.1, -0.05) is 36.9 Å². The summed E-state index contributed by atoms with van der Waals surface area (Å²) < 4.78 is 0. The van der Waals surface area contributed by atoms with Crippen molar-refractivity contribution in [3.63, 3.8) is 0 Å². The van der Waals surface area contributed by atoms with Gasteiger partial charge in [-0.15, -0.1) is 0 Å². The van der Waals surface area contributed by atoms with E-state index in [1.54, 1.807) is 0 Å². The van der Waals surface area contributed by atoms with Gasteiger partial charge < -0.3 is 5.32 Å². The second-order valence-electron chi connectivity index (χ2n) is 5.10. The fourth-order valence-electron chi connectivity index (χ4n) is 2.43. The molecule has 0 spiro atoms. The number of fused-ring (bicyclic) bond motifs is 1. The number of hydrogen-bond donors (Lipinski definition) is 1. The molecule has 108 valence electrons. The molecular formula is C19H16N2O. The van der Waals surface area contributed by atoms with Crippen LogP contribution >= 0.6 is 0 Å². The molecule has 0 aliphatic rings. The first-order valence-electron chi connectivity index (χ1n) is 7.07. The zero-order chi connectivity index (χ0) is 15.5. The van der Waals surface area contributed by atoms with Gasteiger partial charge in [-0.3, -0.25) is 9.78 Å². The van der Waals surface area contributed by atoms with Crippen molar-refractivity contribution in [2.24, 2.45) is 0 Å². The molecule has 0 radical (unpaired) electrons. The van der Waals surface area contributed by atoms with Crippen LogP contribution in [0.5, 0.6) is 0 Å². The number of anilines is 1. The minimum absolute atomic E-state index is 0.216. The third-order valence-electron chi connectivity index (χ3n) is 3.51. The standard InChI is InChI=1S/C19H16N2O/c1-3-19(22)21-18-9-5-7-14-10-11-15(12-16(14)18)17-8-4-6-13(2)20-17/h3-12H,1H2,2H3,(H,21,22). The predicted molar refractivity (Wildman–Crippen MR) is 90.7 cm³/mol. The van der Waals surface area contributed by atoms with E-state index in [0.717, 1.165) is 33.4 Å². The summed E-state index contributed by atoms with van der Waals surface area (Å²) in [5, 5.41) is 4.90. The highest BCUT2D eigenvalue weighted by molar-refractivity contribution is 6.06. The van der Waals surface area contributed by atoms with E-state index >= 15 is 0 Å². The fourth-order valence-corrected chi connectivity index (χ4v) is 2.43. The summed E-state index contributed by atoms with van der Waals surface area (Å²) in [5.74, 6) is -0.216. The fraction of sp³-hybridized carbons (Fsp3) is 0.0526. The van der Waals surface area contributed by atoms with Crippen LogP contribution < -0.4 is 5.32 Å². The number of hydrogen-bond acceptors (Lipinski definition) is 2. The second-order valence-corrected chi connectivity index (χ2v) is 5.10. The van der Waals surface area contributed by atoms with E-state index in [4.69, 9.17) is 0 Å². The molecule has 1 heterocycles. The predicted octanol–water partition coefficient (Wildman–Crippen LogP) is 4.33. The van der Waals surface area contributed by atoms with Crippen LogP contribution in [0.3, 0.4) is 0 Å². The van der Waals surface area contributed by atoms with Crippen molar-refractivity contribution in [2.45, 2.75) is 6.92 Å². The molecular weight excluding hydrogens is 272 g/mol. The average molecular weight is 288 g/mol. The number of nitrogens with zero attached hydrogens (tertiary/aromatic N) is 1. The van der Waals surface area contributed by atoms with Crippen LogP contribution in [0.15, 0.2) is 67.3 Å². The van der Waals surface area contributed by atoms with Crippen LogP contribution in [0.4, 0.5) is 5.69 Å². The Hall–Kier alpha value is -2.94. The number of nitrogens with one attached hydrogen (secondary N) is 1. The summed E-state index contributed by atoms with van der Waals surface area (Å²) >= 11 is 0. The van der Waals surface area contributed by atoms with Gasteiger partial charge in [0, 0.05) is 22.3 Å². The van der Waals surface area contributed by atoms with Crippen LogP contribution in [0.25, 0.3) is 22.0 Å². The van der Waals surface area contributed by atoms with Gasteiger partial charge >= 0.3 is 0 Å². The summed E-state index contributed by atoms with van der Waals surface area (Å²) in [6, 6.07) is 17.9. The molecule has 22 heavy (non-hydrogen) atoms. The number of rotatable bonds is 3. The SMILES string of the molecule is C=CC(=O)Nc1cccc2ccc(-c3cccc(C)n3)cc12. The third kappa shape index (κ3) is 2.74. The molecule has 0 saturated carbocycles. The van der Waals surface area contributed by atoms with Crippen LogP contribution in [-0.2, 0) is 4.79 Å². The van der Waals surface area contributed by atoms with E-state index in [1.807, 2.05) is 55.5 Å². The summed E-state index contributed by atoms with van der Waals surface area (Å²) in [7, 11) is 0. The lowest BCUT2D eigenvalue weighted by Gasteiger charge is -2.09. The molecule has 0 aliphatic heterocycles. The molecule has 1 amide bonds. The van der Waals surface area contributed by atoms with Crippen LogP contribution in [0.2, 0.25) is 0 Å². The van der Waals surface area contributed by atoms with Gasteiger partial charge in [0.25, 0.3) is 0 Å². The molecule has 0 unspecified atom stereocenters.